The zero-order valence-electron chi connectivity index (χ0n) is 11.9. The normalized spacial score (nSPS) is 21.8. The topological polar surface area (TPSA) is 86.6 Å². The molecule has 1 aromatic carbocycles. The van der Waals surface area contributed by atoms with Crippen LogP contribution in [-0.2, 0) is 16.0 Å². The van der Waals surface area contributed by atoms with Crippen LogP contribution in [0.25, 0.3) is 0 Å². The molecule has 1 amide bonds. The Morgan fingerprint density at radius 3 is 2.43 bits per heavy atom. The first-order valence-corrected chi connectivity index (χ1v) is 7.33. The first-order chi connectivity index (χ1) is 10.1. The van der Waals surface area contributed by atoms with Crippen LogP contribution in [0.2, 0.25) is 0 Å². The molecule has 1 aliphatic carbocycles. The number of amides is 1. The van der Waals surface area contributed by atoms with Crippen molar-refractivity contribution in [1.29, 1.82) is 0 Å². The number of benzene rings is 1. The second kappa shape index (κ2) is 7.22. The quantitative estimate of drug-likeness (QED) is 0.775. The number of anilines is 1. The molecule has 0 bridgehead atoms. The summed E-state index contributed by atoms with van der Waals surface area (Å²) in [6.07, 6.45) is 3.21. The fraction of sp³-hybridized carbons (Fsp3) is 0.500. The maximum Gasteiger partial charge on any atom is 0.306 e. The lowest BCUT2D eigenvalue weighted by Crippen LogP contribution is -2.30. The number of aliphatic carboxylic acids is 1. The molecule has 0 aromatic heterocycles. The molecule has 2 unspecified atom stereocenters. The number of carboxylic acids is 1. The molecule has 5 heteroatoms. The second-order valence-corrected chi connectivity index (χ2v) is 5.56. The van der Waals surface area contributed by atoms with Crippen molar-refractivity contribution in [3.63, 3.8) is 0 Å². The van der Waals surface area contributed by atoms with Gasteiger partial charge < -0.3 is 15.5 Å². The molecular formula is C16H21NO4. The van der Waals surface area contributed by atoms with Gasteiger partial charge in [0.25, 0.3) is 0 Å². The summed E-state index contributed by atoms with van der Waals surface area (Å²) in [6, 6.07) is 7.35. The fourth-order valence-electron chi connectivity index (χ4n) is 2.78. The average Bonchev–Trinajstić information content (AvgIpc) is 2.49. The number of aliphatic hydroxyl groups is 1. The third-order valence-corrected chi connectivity index (χ3v) is 4.02. The standard InChI is InChI=1S/C16H21NO4/c18-9-8-11-4-6-14(7-5-11)17-15(19)12-2-1-3-13(10-12)16(20)21/h4-7,12-13,18H,1-3,8-10H2,(H,17,19)(H,20,21). The Hall–Kier alpha value is -1.88. The van der Waals surface area contributed by atoms with E-state index in [0.29, 0.717) is 24.9 Å². The van der Waals surface area contributed by atoms with Gasteiger partial charge in [0.15, 0.2) is 0 Å². The highest BCUT2D eigenvalue weighted by Crippen LogP contribution is 2.30. The van der Waals surface area contributed by atoms with Gasteiger partial charge in [0, 0.05) is 18.2 Å². The molecule has 1 aromatic rings. The van der Waals surface area contributed by atoms with Crippen molar-refractivity contribution < 1.29 is 19.8 Å². The summed E-state index contributed by atoms with van der Waals surface area (Å²) in [5.74, 6) is -1.53. The van der Waals surface area contributed by atoms with Gasteiger partial charge in [-0.15, -0.1) is 0 Å². The van der Waals surface area contributed by atoms with E-state index in [1.165, 1.54) is 0 Å². The van der Waals surface area contributed by atoms with Crippen LogP contribution in [0.4, 0.5) is 5.69 Å². The van der Waals surface area contributed by atoms with Crippen LogP contribution in [-0.4, -0.2) is 28.7 Å². The maximum absolute atomic E-state index is 12.2. The van der Waals surface area contributed by atoms with Crippen molar-refractivity contribution in [1.82, 2.24) is 0 Å². The lowest BCUT2D eigenvalue weighted by atomic mass is 9.81. The van der Waals surface area contributed by atoms with Crippen molar-refractivity contribution in [3.05, 3.63) is 29.8 Å². The van der Waals surface area contributed by atoms with Gasteiger partial charge in [0.2, 0.25) is 5.91 Å². The summed E-state index contributed by atoms with van der Waals surface area (Å²) in [5.41, 5.74) is 1.72. The summed E-state index contributed by atoms with van der Waals surface area (Å²) in [7, 11) is 0. The molecule has 0 radical (unpaired) electrons. The Labute approximate surface area is 124 Å². The zero-order chi connectivity index (χ0) is 15.2. The van der Waals surface area contributed by atoms with E-state index >= 15 is 0 Å². The van der Waals surface area contributed by atoms with Crippen LogP contribution in [0, 0.1) is 11.8 Å². The number of hydrogen-bond acceptors (Lipinski definition) is 3. The molecule has 0 heterocycles. The molecular weight excluding hydrogens is 270 g/mol. The Balaban J connectivity index is 1.92. The molecule has 1 aliphatic rings. The number of aliphatic hydroxyl groups excluding tert-OH is 1. The lowest BCUT2D eigenvalue weighted by Gasteiger charge is -2.25. The van der Waals surface area contributed by atoms with Crippen molar-refractivity contribution in [2.45, 2.75) is 32.1 Å². The molecule has 2 atom stereocenters. The number of carboxylic acid groups (broad SMARTS) is 1. The number of nitrogens with one attached hydrogen (secondary N) is 1. The lowest BCUT2D eigenvalue weighted by molar-refractivity contribution is -0.143. The number of hydrogen-bond donors (Lipinski definition) is 3. The minimum absolute atomic E-state index is 0.101. The van der Waals surface area contributed by atoms with E-state index < -0.39 is 11.9 Å². The number of rotatable bonds is 5. The van der Waals surface area contributed by atoms with Crippen LogP contribution in [0.1, 0.15) is 31.2 Å². The monoisotopic (exact) mass is 291 g/mol. The van der Waals surface area contributed by atoms with E-state index in [1.807, 2.05) is 12.1 Å². The molecule has 2 rings (SSSR count). The molecule has 3 N–H and O–H groups in total. The second-order valence-electron chi connectivity index (χ2n) is 5.56. The minimum atomic E-state index is -0.805. The van der Waals surface area contributed by atoms with E-state index in [2.05, 4.69) is 5.32 Å². The third-order valence-electron chi connectivity index (χ3n) is 4.02. The predicted molar refractivity (Wildman–Crippen MR) is 78.9 cm³/mol. The average molecular weight is 291 g/mol. The Bertz CT molecular complexity index is 498. The van der Waals surface area contributed by atoms with E-state index in [-0.39, 0.29) is 18.4 Å². The van der Waals surface area contributed by atoms with Crippen molar-refractivity contribution in [2.75, 3.05) is 11.9 Å². The number of carbonyl (C=O) groups is 2. The molecule has 21 heavy (non-hydrogen) atoms. The van der Waals surface area contributed by atoms with E-state index in [9.17, 15) is 9.59 Å². The molecule has 0 aliphatic heterocycles. The smallest absolute Gasteiger partial charge is 0.306 e. The van der Waals surface area contributed by atoms with Gasteiger partial charge in [-0.2, -0.15) is 0 Å². The molecule has 1 saturated carbocycles. The summed E-state index contributed by atoms with van der Waals surface area (Å²) >= 11 is 0. The Kier molecular flexibility index (Phi) is 5.33. The maximum atomic E-state index is 12.2. The first kappa shape index (κ1) is 15.5. The zero-order valence-corrected chi connectivity index (χ0v) is 11.9. The van der Waals surface area contributed by atoms with Gasteiger partial charge in [0.1, 0.15) is 0 Å². The molecule has 114 valence electrons. The van der Waals surface area contributed by atoms with Gasteiger partial charge in [-0.25, -0.2) is 0 Å². The highest BCUT2D eigenvalue weighted by atomic mass is 16.4. The fourth-order valence-corrected chi connectivity index (χ4v) is 2.78. The van der Waals surface area contributed by atoms with E-state index in [1.54, 1.807) is 12.1 Å². The molecule has 0 spiro atoms. The van der Waals surface area contributed by atoms with Crippen LogP contribution < -0.4 is 5.32 Å². The van der Waals surface area contributed by atoms with E-state index in [4.69, 9.17) is 10.2 Å². The summed E-state index contributed by atoms with van der Waals surface area (Å²) in [4.78, 5) is 23.2. The van der Waals surface area contributed by atoms with Crippen LogP contribution in [0.15, 0.2) is 24.3 Å². The Morgan fingerprint density at radius 2 is 1.81 bits per heavy atom. The van der Waals surface area contributed by atoms with Gasteiger partial charge in [-0.3, -0.25) is 9.59 Å². The third kappa shape index (κ3) is 4.29. The molecule has 1 fully saturated rings. The van der Waals surface area contributed by atoms with Crippen LogP contribution in [0.3, 0.4) is 0 Å². The summed E-state index contributed by atoms with van der Waals surface area (Å²) in [6.45, 7) is 0.102. The Morgan fingerprint density at radius 1 is 1.14 bits per heavy atom. The number of carbonyl (C=O) groups excluding carboxylic acids is 1. The largest absolute Gasteiger partial charge is 0.481 e. The van der Waals surface area contributed by atoms with Crippen LogP contribution >= 0.6 is 0 Å². The predicted octanol–water partition coefficient (Wildman–Crippen LogP) is 2.05. The highest BCUT2D eigenvalue weighted by Gasteiger charge is 2.30. The van der Waals surface area contributed by atoms with Crippen molar-refractivity contribution in [3.8, 4) is 0 Å². The van der Waals surface area contributed by atoms with Gasteiger partial charge in [0.05, 0.1) is 5.92 Å². The van der Waals surface area contributed by atoms with Gasteiger partial charge >= 0.3 is 5.97 Å². The first-order valence-electron chi connectivity index (χ1n) is 7.33. The molecule has 5 nitrogen and oxygen atoms in total. The van der Waals surface area contributed by atoms with Crippen molar-refractivity contribution >= 4 is 17.6 Å². The van der Waals surface area contributed by atoms with Crippen molar-refractivity contribution in [2.24, 2.45) is 11.8 Å². The minimum Gasteiger partial charge on any atom is -0.481 e. The summed E-state index contributed by atoms with van der Waals surface area (Å²) < 4.78 is 0. The van der Waals surface area contributed by atoms with E-state index in [0.717, 1.165) is 18.4 Å². The summed E-state index contributed by atoms with van der Waals surface area (Å²) in [5, 5.41) is 20.8. The SMILES string of the molecule is O=C(O)C1CCCC(C(=O)Nc2ccc(CCO)cc2)C1. The van der Waals surface area contributed by atoms with Gasteiger partial charge in [-0.05, 0) is 43.4 Å². The van der Waals surface area contributed by atoms with Crippen LogP contribution in [0.5, 0.6) is 0 Å². The van der Waals surface area contributed by atoms with Gasteiger partial charge in [-0.1, -0.05) is 18.6 Å². The highest BCUT2D eigenvalue weighted by molar-refractivity contribution is 5.93. The molecule has 0 saturated heterocycles.